The summed E-state index contributed by atoms with van der Waals surface area (Å²) in [6.45, 7) is 7.04. The Morgan fingerprint density at radius 2 is 2.07 bits per heavy atom. The number of likely N-dealkylation sites (tertiary alicyclic amines) is 1. The zero-order valence-corrected chi connectivity index (χ0v) is 17.3. The summed E-state index contributed by atoms with van der Waals surface area (Å²) < 4.78 is 5.54. The number of amides is 1. The second-order valence-corrected chi connectivity index (χ2v) is 8.45. The van der Waals surface area contributed by atoms with Crippen molar-refractivity contribution in [2.45, 2.75) is 51.7 Å². The zero-order valence-electron chi connectivity index (χ0n) is 17.3. The highest BCUT2D eigenvalue weighted by Gasteiger charge is 2.30. The molecule has 1 aromatic carbocycles. The molecule has 0 saturated carbocycles. The maximum Gasteiger partial charge on any atom is 0.410 e. The summed E-state index contributed by atoms with van der Waals surface area (Å²) in [7, 11) is 0. The fraction of sp³-hybridized carbons (Fsp3) is 0.455. The summed E-state index contributed by atoms with van der Waals surface area (Å²) in [5.41, 5.74) is 14.7. The molecule has 2 heterocycles. The number of nitrogens with zero attached hydrogens (tertiary/aromatic N) is 2. The van der Waals surface area contributed by atoms with Crippen molar-refractivity contribution in [1.82, 2.24) is 9.88 Å². The fourth-order valence-electron chi connectivity index (χ4n) is 3.75. The summed E-state index contributed by atoms with van der Waals surface area (Å²) in [6, 6.07) is 8.97. The van der Waals surface area contributed by atoms with Crippen molar-refractivity contribution in [3.05, 3.63) is 41.5 Å². The largest absolute Gasteiger partial charge is 0.507 e. The topological polar surface area (TPSA) is 115 Å². The predicted octanol–water partition coefficient (Wildman–Crippen LogP) is 3.61. The van der Waals surface area contributed by atoms with Crippen LogP contribution in [0.4, 0.5) is 10.6 Å². The van der Waals surface area contributed by atoms with E-state index in [-0.39, 0.29) is 24.3 Å². The van der Waals surface area contributed by atoms with Gasteiger partial charge < -0.3 is 26.2 Å². The van der Waals surface area contributed by atoms with Gasteiger partial charge in [0.05, 0.1) is 5.69 Å². The molecule has 1 unspecified atom stereocenters. The van der Waals surface area contributed by atoms with Gasteiger partial charge in [-0.05, 0) is 57.4 Å². The number of phenols is 1. The van der Waals surface area contributed by atoms with Crippen LogP contribution in [0.3, 0.4) is 0 Å². The van der Waals surface area contributed by atoms with Crippen LogP contribution in [0.25, 0.3) is 11.3 Å². The molecule has 0 aliphatic carbocycles. The Kier molecular flexibility index (Phi) is 5.98. The molecule has 29 heavy (non-hydrogen) atoms. The second kappa shape index (κ2) is 8.29. The fourth-order valence-corrected chi connectivity index (χ4v) is 3.75. The molecule has 0 radical (unpaired) electrons. The van der Waals surface area contributed by atoms with Crippen LogP contribution >= 0.6 is 0 Å². The molecular weight excluding hydrogens is 368 g/mol. The van der Waals surface area contributed by atoms with Gasteiger partial charge in [0.25, 0.3) is 0 Å². The molecule has 7 nitrogen and oxygen atoms in total. The molecule has 1 aliphatic rings. The minimum atomic E-state index is -0.536. The van der Waals surface area contributed by atoms with E-state index in [2.05, 4.69) is 4.98 Å². The van der Waals surface area contributed by atoms with Crippen molar-refractivity contribution in [2.75, 3.05) is 18.8 Å². The average molecular weight is 399 g/mol. The number of anilines is 1. The van der Waals surface area contributed by atoms with E-state index in [0.29, 0.717) is 30.2 Å². The van der Waals surface area contributed by atoms with E-state index in [1.165, 1.54) is 0 Å². The van der Waals surface area contributed by atoms with E-state index in [0.717, 1.165) is 24.0 Å². The lowest BCUT2D eigenvalue weighted by molar-refractivity contribution is 0.0198. The number of rotatable bonds is 3. The van der Waals surface area contributed by atoms with Gasteiger partial charge in [0.15, 0.2) is 0 Å². The first kappa shape index (κ1) is 20.9. The van der Waals surface area contributed by atoms with Gasteiger partial charge in [-0.2, -0.15) is 0 Å². The van der Waals surface area contributed by atoms with Gasteiger partial charge in [-0.1, -0.05) is 12.1 Å². The van der Waals surface area contributed by atoms with Gasteiger partial charge in [-0.15, -0.1) is 0 Å². The quantitative estimate of drug-likeness (QED) is 0.727. The number of aromatic hydroxyl groups is 1. The number of carbonyl (C=O) groups is 1. The van der Waals surface area contributed by atoms with E-state index in [4.69, 9.17) is 16.2 Å². The van der Waals surface area contributed by atoms with Gasteiger partial charge in [-0.25, -0.2) is 9.78 Å². The second-order valence-electron chi connectivity index (χ2n) is 8.45. The number of carbonyl (C=O) groups excluding carboxylic acids is 1. The third kappa shape index (κ3) is 4.79. The number of benzene rings is 1. The molecular formula is C22H30N4O3. The molecule has 1 atom stereocenters. The van der Waals surface area contributed by atoms with Crippen molar-refractivity contribution in [3.8, 4) is 17.0 Å². The van der Waals surface area contributed by atoms with Gasteiger partial charge >= 0.3 is 6.09 Å². The number of pyridine rings is 1. The highest BCUT2D eigenvalue weighted by Crippen LogP contribution is 2.36. The Labute approximate surface area is 171 Å². The Hall–Kier alpha value is -2.80. The summed E-state index contributed by atoms with van der Waals surface area (Å²) in [6.07, 6.45) is 1.47. The number of piperidine rings is 1. The van der Waals surface area contributed by atoms with Crippen LogP contribution in [-0.2, 0) is 11.3 Å². The van der Waals surface area contributed by atoms with Crippen LogP contribution in [0.15, 0.2) is 30.3 Å². The summed E-state index contributed by atoms with van der Waals surface area (Å²) in [4.78, 5) is 18.8. The van der Waals surface area contributed by atoms with E-state index >= 15 is 0 Å². The maximum absolute atomic E-state index is 12.6. The lowest BCUT2D eigenvalue weighted by Crippen LogP contribution is -2.42. The van der Waals surface area contributed by atoms with Crippen molar-refractivity contribution in [2.24, 2.45) is 5.73 Å². The summed E-state index contributed by atoms with van der Waals surface area (Å²) in [5, 5.41) is 10.2. The average Bonchev–Trinajstić information content (AvgIpc) is 2.66. The van der Waals surface area contributed by atoms with Crippen LogP contribution in [0.5, 0.6) is 5.75 Å². The minimum Gasteiger partial charge on any atom is -0.507 e. The van der Waals surface area contributed by atoms with Gasteiger partial charge in [0.2, 0.25) is 0 Å². The van der Waals surface area contributed by atoms with Crippen LogP contribution in [0.1, 0.15) is 50.7 Å². The molecule has 7 heteroatoms. The summed E-state index contributed by atoms with van der Waals surface area (Å²) in [5.74, 6) is 0.576. The first-order valence-electron chi connectivity index (χ1n) is 9.95. The Bertz CT molecular complexity index is 892. The van der Waals surface area contributed by atoms with Crippen molar-refractivity contribution in [1.29, 1.82) is 0 Å². The van der Waals surface area contributed by atoms with Gasteiger partial charge in [0, 0.05) is 36.7 Å². The number of ether oxygens (including phenoxy) is 1. The zero-order chi connectivity index (χ0) is 21.2. The molecule has 5 N–H and O–H groups in total. The predicted molar refractivity (Wildman–Crippen MR) is 113 cm³/mol. The van der Waals surface area contributed by atoms with Crippen LogP contribution in [0, 0.1) is 0 Å². The highest BCUT2D eigenvalue weighted by atomic mass is 16.6. The Balaban J connectivity index is 1.94. The van der Waals surface area contributed by atoms with Crippen LogP contribution in [0.2, 0.25) is 0 Å². The molecule has 1 aliphatic heterocycles. The van der Waals surface area contributed by atoms with Crippen molar-refractivity contribution >= 4 is 11.9 Å². The normalized spacial score (nSPS) is 17.2. The number of nitrogen functional groups attached to an aromatic ring is 1. The first-order chi connectivity index (χ1) is 13.7. The van der Waals surface area contributed by atoms with Gasteiger partial charge in [-0.3, -0.25) is 0 Å². The van der Waals surface area contributed by atoms with Gasteiger partial charge in [0.1, 0.15) is 17.2 Å². The Morgan fingerprint density at radius 3 is 2.72 bits per heavy atom. The molecule has 1 fully saturated rings. The molecule has 0 spiro atoms. The lowest BCUT2D eigenvalue weighted by Gasteiger charge is -2.35. The molecule has 156 valence electrons. The van der Waals surface area contributed by atoms with E-state index in [1.54, 1.807) is 23.1 Å². The smallest absolute Gasteiger partial charge is 0.410 e. The maximum atomic E-state index is 12.6. The molecule has 1 aromatic heterocycles. The molecule has 2 aromatic rings. The van der Waals surface area contributed by atoms with E-state index in [1.807, 2.05) is 32.9 Å². The summed E-state index contributed by atoms with van der Waals surface area (Å²) >= 11 is 0. The number of hydrogen-bond acceptors (Lipinski definition) is 6. The highest BCUT2D eigenvalue weighted by molar-refractivity contribution is 5.71. The Morgan fingerprint density at radius 1 is 1.34 bits per heavy atom. The SMILES string of the molecule is CC(C)(C)OC(=O)N1CCCC(c2cc(-c3ccccc3O)nc(N)c2CN)C1. The monoisotopic (exact) mass is 398 g/mol. The number of phenolic OH excluding ortho intramolecular Hbond substituents is 1. The number of para-hydroxylation sites is 1. The van der Waals surface area contributed by atoms with Crippen molar-refractivity contribution < 1.29 is 14.6 Å². The lowest BCUT2D eigenvalue weighted by atomic mass is 9.87. The first-order valence-corrected chi connectivity index (χ1v) is 9.95. The molecule has 1 saturated heterocycles. The van der Waals surface area contributed by atoms with E-state index < -0.39 is 5.60 Å². The van der Waals surface area contributed by atoms with Crippen LogP contribution < -0.4 is 11.5 Å². The standard InChI is InChI=1S/C22H30N4O3/c1-22(2,3)29-21(28)26-10-6-7-14(13-26)16-11-18(25-20(24)17(16)12-23)15-8-4-5-9-19(15)27/h4-5,8-9,11,14,27H,6-7,10,12-13,23H2,1-3H3,(H2,24,25). The number of nitrogens with two attached hydrogens (primary N) is 2. The molecule has 0 bridgehead atoms. The third-order valence-electron chi connectivity index (χ3n) is 5.09. The van der Waals surface area contributed by atoms with E-state index in [9.17, 15) is 9.90 Å². The third-order valence-corrected chi connectivity index (χ3v) is 5.09. The van der Waals surface area contributed by atoms with Crippen LogP contribution in [-0.4, -0.2) is 39.8 Å². The number of aromatic nitrogens is 1. The van der Waals surface area contributed by atoms with Crippen molar-refractivity contribution in [3.63, 3.8) is 0 Å². The number of hydrogen-bond donors (Lipinski definition) is 3. The molecule has 1 amide bonds. The minimum absolute atomic E-state index is 0.0738. The molecule has 3 rings (SSSR count).